The molecule has 1 radical (unpaired) electrons. The molecule has 0 aliphatic carbocycles. The molecule has 1 aromatic carbocycles. The van der Waals surface area contributed by atoms with Gasteiger partial charge in [0.1, 0.15) is 5.25 Å². The van der Waals surface area contributed by atoms with E-state index in [1.54, 1.807) is 12.1 Å². The maximum absolute atomic E-state index is 11.1. The van der Waals surface area contributed by atoms with Crippen LogP contribution in [0.3, 0.4) is 0 Å². The molecule has 1 atom stereocenters. The fraction of sp³-hybridized carbons (Fsp3) is 0.417. The van der Waals surface area contributed by atoms with E-state index in [0.717, 1.165) is 5.56 Å². The fourth-order valence-electron chi connectivity index (χ4n) is 1.58. The molecule has 16 heavy (non-hydrogen) atoms. The van der Waals surface area contributed by atoms with Gasteiger partial charge in [0, 0.05) is 0 Å². The molecule has 0 saturated heterocycles. The monoisotopic (exact) mass is 241 g/mol. The molecule has 0 fully saturated rings. The van der Waals surface area contributed by atoms with Gasteiger partial charge in [-0.2, -0.15) is 8.42 Å². The Morgan fingerprint density at radius 1 is 1.19 bits per heavy atom. The van der Waals surface area contributed by atoms with Crippen molar-refractivity contribution in [2.45, 2.75) is 31.4 Å². The van der Waals surface area contributed by atoms with Crippen molar-refractivity contribution in [1.29, 1.82) is 0 Å². The Morgan fingerprint density at radius 2 is 1.62 bits per heavy atom. The summed E-state index contributed by atoms with van der Waals surface area (Å²) in [6.07, 6.45) is 0.125. The van der Waals surface area contributed by atoms with Gasteiger partial charge in [-0.3, -0.25) is 4.55 Å². The van der Waals surface area contributed by atoms with Crippen LogP contribution in [0.1, 0.15) is 42.6 Å². The molecule has 0 spiro atoms. The summed E-state index contributed by atoms with van der Waals surface area (Å²) < 4.78 is 31.2. The summed E-state index contributed by atoms with van der Waals surface area (Å²) in [4.78, 5) is 0. The smallest absolute Gasteiger partial charge is 0.271 e. The van der Waals surface area contributed by atoms with Gasteiger partial charge in [-0.15, -0.1) is 0 Å². The van der Waals surface area contributed by atoms with Gasteiger partial charge in [-0.25, -0.2) is 0 Å². The van der Waals surface area contributed by atoms with Crippen LogP contribution in [0.15, 0.2) is 24.3 Å². The van der Waals surface area contributed by atoms with E-state index < -0.39 is 15.4 Å². The molecule has 3 nitrogen and oxygen atoms in total. The highest BCUT2D eigenvalue weighted by atomic mass is 32.2. The maximum atomic E-state index is 11.1. The number of rotatable bonds is 4. The summed E-state index contributed by atoms with van der Waals surface area (Å²) in [5, 5.41) is -0.922. The Kier molecular flexibility index (Phi) is 4.10. The third kappa shape index (κ3) is 3.06. The van der Waals surface area contributed by atoms with Gasteiger partial charge >= 0.3 is 0 Å². The molecule has 0 aliphatic rings. The van der Waals surface area contributed by atoms with Crippen LogP contribution in [0, 0.1) is 6.92 Å². The molecular formula is C12H17O3S. The van der Waals surface area contributed by atoms with Crippen LogP contribution in [0.5, 0.6) is 0 Å². The van der Waals surface area contributed by atoms with E-state index >= 15 is 0 Å². The maximum Gasteiger partial charge on any atom is 0.271 e. The molecule has 0 amide bonds. The minimum Gasteiger partial charge on any atom is -0.285 e. The van der Waals surface area contributed by atoms with Gasteiger partial charge in [-0.1, -0.05) is 45.0 Å². The van der Waals surface area contributed by atoms with Crippen molar-refractivity contribution in [3.05, 3.63) is 42.3 Å². The summed E-state index contributed by atoms with van der Waals surface area (Å²) in [6.45, 7) is 7.68. The molecule has 1 unspecified atom stereocenters. The molecule has 1 aromatic rings. The van der Waals surface area contributed by atoms with Crippen molar-refractivity contribution in [2.24, 2.45) is 0 Å². The quantitative estimate of drug-likeness (QED) is 0.824. The number of hydrogen-bond acceptors (Lipinski definition) is 2. The summed E-state index contributed by atoms with van der Waals surface area (Å²) in [7, 11) is -4.06. The molecule has 89 valence electrons. The number of hydrogen-bond donors (Lipinski definition) is 1. The number of benzene rings is 1. The second-order valence-electron chi connectivity index (χ2n) is 4.11. The Labute approximate surface area is 97.2 Å². The lowest BCUT2D eigenvalue weighted by Crippen LogP contribution is -2.11. The van der Waals surface area contributed by atoms with Gasteiger partial charge in [-0.05, 0) is 23.5 Å². The zero-order valence-corrected chi connectivity index (χ0v) is 10.4. The van der Waals surface area contributed by atoms with E-state index in [4.69, 9.17) is 4.55 Å². The van der Waals surface area contributed by atoms with Gasteiger partial charge in [0.15, 0.2) is 0 Å². The lowest BCUT2D eigenvalue weighted by atomic mass is 10.0. The largest absolute Gasteiger partial charge is 0.285 e. The highest BCUT2D eigenvalue weighted by molar-refractivity contribution is 7.86. The average Bonchev–Trinajstić information content (AvgIpc) is 2.17. The van der Waals surface area contributed by atoms with Crippen molar-refractivity contribution >= 4 is 10.1 Å². The van der Waals surface area contributed by atoms with Crippen molar-refractivity contribution in [3.8, 4) is 0 Å². The molecule has 0 saturated carbocycles. The molecule has 0 aliphatic heterocycles. The second kappa shape index (κ2) is 4.97. The van der Waals surface area contributed by atoms with Gasteiger partial charge in [0.05, 0.1) is 0 Å². The first-order valence-electron chi connectivity index (χ1n) is 5.21. The first-order valence-corrected chi connectivity index (χ1v) is 6.72. The van der Waals surface area contributed by atoms with E-state index in [1.807, 2.05) is 12.1 Å². The van der Waals surface area contributed by atoms with Crippen molar-refractivity contribution < 1.29 is 13.0 Å². The van der Waals surface area contributed by atoms with Crippen LogP contribution < -0.4 is 0 Å². The highest BCUT2D eigenvalue weighted by Gasteiger charge is 2.22. The first-order chi connectivity index (χ1) is 7.36. The predicted molar refractivity (Wildman–Crippen MR) is 64.8 cm³/mol. The van der Waals surface area contributed by atoms with Crippen LogP contribution in [-0.4, -0.2) is 13.0 Å². The molecule has 0 aromatic heterocycles. The van der Waals surface area contributed by atoms with Crippen molar-refractivity contribution in [1.82, 2.24) is 0 Å². The standard InChI is InChI=1S/C12H17O3S/c1-4-12(16(13,14)15)11-7-5-10(6-8-11)9(2)3/h5-9,12H,1,4H2,2-3H3,(H,13,14,15). The van der Waals surface area contributed by atoms with Crippen LogP contribution in [0.4, 0.5) is 0 Å². The van der Waals surface area contributed by atoms with Crippen LogP contribution in [-0.2, 0) is 10.1 Å². The minimum atomic E-state index is -4.06. The second-order valence-corrected chi connectivity index (χ2v) is 5.71. The van der Waals surface area contributed by atoms with E-state index in [0.29, 0.717) is 11.5 Å². The van der Waals surface area contributed by atoms with Crippen molar-refractivity contribution in [3.63, 3.8) is 0 Å². The minimum absolute atomic E-state index is 0.125. The Hall–Kier alpha value is -0.870. The molecule has 0 heterocycles. The summed E-state index contributed by atoms with van der Waals surface area (Å²) in [5.74, 6) is 0.401. The van der Waals surface area contributed by atoms with E-state index in [-0.39, 0.29) is 6.42 Å². The zero-order valence-electron chi connectivity index (χ0n) is 9.55. The Morgan fingerprint density at radius 3 is 1.94 bits per heavy atom. The molecular weight excluding hydrogens is 224 g/mol. The normalized spacial score (nSPS) is 14.1. The molecule has 4 heteroatoms. The Balaban J connectivity index is 3.05. The summed E-state index contributed by atoms with van der Waals surface area (Å²) in [5.41, 5.74) is 1.73. The summed E-state index contributed by atoms with van der Waals surface area (Å²) >= 11 is 0. The Bertz CT molecular complexity index is 432. The topological polar surface area (TPSA) is 54.4 Å². The van der Waals surface area contributed by atoms with Gasteiger partial charge < -0.3 is 0 Å². The van der Waals surface area contributed by atoms with Gasteiger partial charge in [0.25, 0.3) is 10.1 Å². The van der Waals surface area contributed by atoms with E-state index in [9.17, 15) is 8.42 Å². The average molecular weight is 241 g/mol. The van der Waals surface area contributed by atoms with Crippen molar-refractivity contribution in [2.75, 3.05) is 0 Å². The summed E-state index contributed by atoms with van der Waals surface area (Å²) in [6, 6.07) is 7.24. The molecule has 1 N–H and O–H groups in total. The highest BCUT2D eigenvalue weighted by Crippen LogP contribution is 2.26. The third-order valence-corrected chi connectivity index (χ3v) is 3.82. The van der Waals surface area contributed by atoms with Crippen LogP contribution in [0.25, 0.3) is 0 Å². The fourth-order valence-corrected chi connectivity index (χ4v) is 2.38. The third-order valence-electron chi connectivity index (χ3n) is 2.60. The zero-order chi connectivity index (χ0) is 12.3. The van der Waals surface area contributed by atoms with E-state index in [2.05, 4.69) is 20.8 Å². The van der Waals surface area contributed by atoms with Gasteiger partial charge in [0.2, 0.25) is 0 Å². The molecule has 1 rings (SSSR count). The first kappa shape index (κ1) is 13.2. The SMILES string of the molecule is [CH2]CC(c1ccc(C(C)C)cc1)S(=O)(=O)O. The lowest BCUT2D eigenvalue weighted by Gasteiger charge is -2.13. The lowest BCUT2D eigenvalue weighted by molar-refractivity contribution is 0.468. The predicted octanol–water partition coefficient (Wildman–Crippen LogP) is 2.96. The van der Waals surface area contributed by atoms with E-state index in [1.165, 1.54) is 0 Å². The molecule has 0 bridgehead atoms. The van der Waals surface area contributed by atoms with Crippen LogP contribution in [0.2, 0.25) is 0 Å². The van der Waals surface area contributed by atoms with Crippen LogP contribution >= 0.6 is 0 Å².